The van der Waals surface area contributed by atoms with Crippen LogP contribution in [0.15, 0.2) is 12.3 Å². The number of aliphatic hydroxyl groups is 1. The van der Waals surface area contributed by atoms with Crippen molar-refractivity contribution in [2.24, 2.45) is 0 Å². The third-order valence-electron chi connectivity index (χ3n) is 6.86. The first-order valence-electron chi connectivity index (χ1n) is 12.9. The van der Waals surface area contributed by atoms with E-state index >= 15 is 0 Å². The minimum absolute atomic E-state index is 0.0140. The number of hydrogen-bond donors (Lipinski definition) is 3. The molecule has 0 radical (unpaired) electrons. The second kappa shape index (κ2) is 10.9. The van der Waals surface area contributed by atoms with Crippen molar-refractivity contribution in [2.45, 2.75) is 83.4 Å². The molecule has 2 aliphatic heterocycles. The molecule has 3 N–H and O–H groups in total. The molecule has 4 rings (SSSR count). The van der Waals surface area contributed by atoms with Gasteiger partial charge < -0.3 is 15.7 Å². The van der Waals surface area contributed by atoms with Gasteiger partial charge in [-0.3, -0.25) is 9.69 Å². The van der Waals surface area contributed by atoms with Crippen LogP contribution < -0.4 is 10.6 Å². The Balaban J connectivity index is 1.75. The van der Waals surface area contributed by atoms with Gasteiger partial charge in [0.2, 0.25) is 0 Å². The normalized spacial score (nSPS) is 21.6. The van der Waals surface area contributed by atoms with Crippen molar-refractivity contribution in [3.63, 3.8) is 0 Å². The molecule has 39 heavy (non-hydrogen) atoms. The number of pyridine rings is 1. The Morgan fingerprint density at radius 3 is 2.44 bits per heavy atom. The van der Waals surface area contributed by atoms with Gasteiger partial charge in [0.1, 0.15) is 21.3 Å². The maximum Gasteiger partial charge on any atom is 0.417 e. The number of nitrogens with one attached hydrogen (secondary N) is 2. The average molecular weight is 590 g/mol. The van der Waals surface area contributed by atoms with Crippen molar-refractivity contribution in [1.29, 1.82) is 0 Å². The topological polar surface area (TPSA) is 125 Å². The van der Waals surface area contributed by atoms with E-state index in [9.17, 15) is 31.5 Å². The second-order valence-corrected chi connectivity index (χ2v) is 14.5. The minimum Gasteiger partial charge on any atom is -0.372 e. The number of aliphatic hydroxyl groups excluding tert-OH is 1. The summed E-state index contributed by atoms with van der Waals surface area (Å²) in [6.45, 7) is 7.87. The van der Waals surface area contributed by atoms with Crippen LogP contribution in [0.1, 0.15) is 80.7 Å². The summed E-state index contributed by atoms with van der Waals surface area (Å²) in [5.41, 5.74) is -1.80. The monoisotopic (exact) mass is 589 g/mol. The van der Waals surface area contributed by atoms with Crippen LogP contribution in [0.2, 0.25) is 0 Å². The van der Waals surface area contributed by atoms with Gasteiger partial charge in [0, 0.05) is 35.9 Å². The zero-order valence-corrected chi connectivity index (χ0v) is 23.9. The van der Waals surface area contributed by atoms with Gasteiger partial charge in [0.05, 0.1) is 21.9 Å². The number of thiazole rings is 1. The van der Waals surface area contributed by atoms with Crippen molar-refractivity contribution in [3.8, 4) is 10.4 Å². The zero-order valence-electron chi connectivity index (χ0n) is 22.3. The number of rotatable bonds is 6. The zero-order chi connectivity index (χ0) is 28.8. The molecule has 2 aromatic heterocycles. The van der Waals surface area contributed by atoms with E-state index < -0.39 is 45.3 Å². The lowest BCUT2D eigenvalue weighted by atomic mass is 10.0. The molecule has 4 heterocycles. The van der Waals surface area contributed by atoms with Crippen LogP contribution in [0, 0.1) is 0 Å². The predicted molar refractivity (Wildman–Crippen MR) is 143 cm³/mol. The smallest absolute Gasteiger partial charge is 0.372 e. The number of likely N-dealkylation sites (tertiary alicyclic amines) is 1. The number of halogens is 3. The lowest BCUT2D eigenvalue weighted by Gasteiger charge is -2.27. The molecule has 2 aliphatic rings. The summed E-state index contributed by atoms with van der Waals surface area (Å²) >= 11 is 0.758. The number of alkyl halides is 3. The molecule has 0 bridgehead atoms. The second-order valence-electron chi connectivity index (χ2n) is 11.2. The van der Waals surface area contributed by atoms with Gasteiger partial charge in [-0.1, -0.05) is 0 Å². The Bertz CT molecular complexity index is 1310. The van der Waals surface area contributed by atoms with Gasteiger partial charge in [-0.05, 0) is 59.4 Å². The number of hydrogen-bond acceptors (Lipinski definition) is 9. The first-order valence-corrected chi connectivity index (χ1v) is 15.5. The lowest BCUT2D eigenvalue weighted by Crippen LogP contribution is -2.40. The fourth-order valence-corrected chi connectivity index (χ4v) is 7.39. The van der Waals surface area contributed by atoms with Crippen molar-refractivity contribution >= 4 is 32.9 Å². The Hall–Kier alpha value is -2.29. The Morgan fingerprint density at radius 2 is 1.87 bits per heavy atom. The molecule has 216 valence electrons. The average Bonchev–Trinajstić information content (AvgIpc) is 3.45. The SMILES string of the molecule is C[C@H]1CCCN1C(O)c1nc(C(=O)NC2CCS(=O)(=O)CC2)sc1-c1cnc(NC(C)(C)C)cc1C(F)(F)F. The summed E-state index contributed by atoms with van der Waals surface area (Å²) in [4.78, 5) is 23.4. The number of aromatic nitrogens is 2. The van der Waals surface area contributed by atoms with Gasteiger partial charge in [-0.25, -0.2) is 18.4 Å². The van der Waals surface area contributed by atoms with E-state index in [4.69, 9.17) is 0 Å². The first-order chi connectivity index (χ1) is 18.0. The van der Waals surface area contributed by atoms with Crippen LogP contribution >= 0.6 is 11.3 Å². The van der Waals surface area contributed by atoms with Gasteiger partial charge in [0.15, 0.2) is 11.2 Å². The fraction of sp³-hybridized carbons (Fsp3) is 0.640. The number of anilines is 1. The highest BCUT2D eigenvalue weighted by molar-refractivity contribution is 7.91. The van der Waals surface area contributed by atoms with E-state index in [2.05, 4.69) is 20.6 Å². The van der Waals surface area contributed by atoms with E-state index in [0.717, 1.165) is 36.4 Å². The van der Waals surface area contributed by atoms with E-state index in [1.807, 2.05) is 6.92 Å². The highest BCUT2D eigenvalue weighted by Gasteiger charge is 2.39. The molecular weight excluding hydrogens is 555 g/mol. The quantitative estimate of drug-likeness (QED) is 0.458. The number of nitrogens with zero attached hydrogens (tertiary/aromatic N) is 3. The molecule has 0 aliphatic carbocycles. The van der Waals surface area contributed by atoms with Gasteiger partial charge in [0.25, 0.3) is 5.91 Å². The van der Waals surface area contributed by atoms with Crippen molar-refractivity contribution in [3.05, 3.63) is 28.5 Å². The molecule has 2 saturated heterocycles. The van der Waals surface area contributed by atoms with Crippen molar-refractivity contribution in [1.82, 2.24) is 20.2 Å². The Kier molecular flexibility index (Phi) is 8.33. The highest BCUT2D eigenvalue weighted by Crippen LogP contribution is 2.44. The third kappa shape index (κ3) is 7.08. The molecule has 0 aromatic carbocycles. The molecule has 1 unspecified atom stereocenters. The summed E-state index contributed by atoms with van der Waals surface area (Å²) in [5, 5.41) is 16.9. The third-order valence-corrected chi connectivity index (χ3v) is 9.68. The molecular formula is C25H34F3N5O4S2. The van der Waals surface area contributed by atoms with E-state index in [0.29, 0.717) is 6.54 Å². The summed E-state index contributed by atoms with van der Waals surface area (Å²) in [5.74, 6) is -0.671. The molecule has 2 aromatic rings. The number of amides is 1. The fourth-order valence-electron chi connectivity index (χ4n) is 4.88. The summed E-state index contributed by atoms with van der Waals surface area (Å²) < 4.78 is 66.4. The molecule has 9 nitrogen and oxygen atoms in total. The van der Waals surface area contributed by atoms with Crippen molar-refractivity contribution < 1.29 is 31.5 Å². The Morgan fingerprint density at radius 1 is 1.21 bits per heavy atom. The number of sulfone groups is 1. The largest absolute Gasteiger partial charge is 0.417 e. The highest BCUT2D eigenvalue weighted by atomic mass is 32.2. The van der Waals surface area contributed by atoms with Crippen LogP contribution in [0.5, 0.6) is 0 Å². The van der Waals surface area contributed by atoms with E-state index in [1.54, 1.807) is 25.7 Å². The molecule has 1 amide bonds. The van der Waals surface area contributed by atoms with Crippen LogP contribution in [-0.4, -0.2) is 70.0 Å². The maximum atomic E-state index is 14.3. The van der Waals surface area contributed by atoms with Gasteiger partial charge in [-0.2, -0.15) is 13.2 Å². The van der Waals surface area contributed by atoms with Gasteiger partial charge in [-0.15, -0.1) is 11.3 Å². The molecule has 2 fully saturated rings. The van der Waals surface area contributed by atoms with Crippen LogP contribution in [0.3, 0.4) is 0 Å². The first kappa shape index (κ1) is 29.7. The van der Waals surface area contributed by atoms with Crippen LogP contribution in [0.25, 0.3) is 10.4 Å². The summed E-state index contributed by atoms with van der Waals surface area (Å²) in [7, 11) is -3.14. The predicted octanol–water partition coefficient (Wildman–Crippen LogP) is 4.22. The van der Waals surface area contributed by atoms with Crippen LogP contribution in [-0.2, 0) is 16.0 Å². The lowest BCUT2D eigenvalue weighted by molar-refractivity contribution is -0.137. The van der Waals surface area contributed by atoms with E-state index in [1.165, 1.54) is 0 Å². The van der Waals surface area contributed by atoms with Crippen LogP contribution in [0.4, 0.5) is 19.0 Å². The molecule has 0 saturated carbocycles. The van der Waals surface area contributed by atoms with E-state index in [-0.39, 0.29) is 57.3 Å². The standard InChI is InChI=1S/C25H34F3N5O4S2/c1-14-6-5-9-33(14)23(35)19-20(16-13-29-18(32-24(2,3)4)12-17(16)25(26,27)28)38-22(31-19)21(34)30-15-7-10-39(36,37)11-8-15/h12-15,23,35H,5-11H2,1-4H3,(H,29,32)(H,30,34)/t14-,23?/m0/s1. The Labute approximate surface area is 230 Å². The number of carbonyl (C=O) groups excluding carboxylic acids is 1. The molecule has 14 heteroatoms. The summed E-state index contributed by atoms with van der Waals surface area (Å²) in [6.07, 6.45) is -2.83. The number of carbonyl (C=O) groups is 1. The molecule has 2 atom stereocenters. The molecule has 0 spiro atoms. The minimum atomic E-state index is -4.74. The maximum absolute atomic E-state index is 14.3. The van der Waals surface area contributed by atoms with Gasteiger partial charge >= 0.3 is 6.18 Å². The van der Waals surface area contributed by atoms with Crippen molar-refractivity contribution in [2.75, 3.05) is 23.4 Å². The summed E-state index contributed by atoms with van der Waals surface area (Å²) in [6, 6.07) is 0.516.